The van der Waals surface area contributed by atoms with Gasteiger partial charge in [0.1, 0.15) is 10.6 Å². The van der Waals surface area contributed by atoms with Gasteiger partial charge in [-0.05, 0) is 42.7 Å². The number of aryl methyl sites for hydroxylation is 1. The smallest absolute Gasteiger partial charge is 0.343 e. The molecule has 0 unspecified atom stereocenters. The number of rotatable bonds is 5. The number of hydrogen-bond donors (Lipinski definition) is 1. The van der Waals surface area contributed by atoms with Crippen LogP contribution >= 0.6 is 23.1 Å². The molecule has 0 bridgehead atoms. The molecule has 2 aromatic heterocycles. The molecule has 0 radical (unpaired) electrons. The molecule has 0 atom stereocenters. The van der Waals surface area contributed by atoms with Gasteiger partial charge in [0, 0.05) is 17.6 Å². The number of aromatic nitrogens is 3. The van der Waals surface area contributed by atoms with E-state index < -0.39 is 5.97 Å². The van der Waals surface area contributed by atoms with Crippen molar-refractivity contribution >= 4 is 34.1 Å². The Morgan fingerprint density at radius 2 is 2.12 bits per heavy atom. The molecule has 0 spiro atoms. The van der Waals surface area contributed by atoms with Gasteiger partial charge in [0.05, 0.1) is 5.69 Å². The number of carbonyl (C=O) groups excluding carboxylic acids is 1. The van der Waals surface area contributed by atoms with Crippen LogP contribution in [0.25, 0.3) is 11.4 Å². The van der Waals surface area contributed by atoms with Crippen LogP contribution in [0.3, 0.4) is 0 Å². The molecule has 0 saturated heterocycles. The highest BCUT2D eigenvalue weighted by molar-refractivity contribution is 7.10. The van der Waals surface area contributed by atoms with Crippen molar-refractivity contribution in [1.29, 1.82) is 0 Å². The molecule has 0 aliphatic rings. The predicted octanol–water partition coefficient (Wildman–Crippen LogP) is 3.55. The molecule has 1 N–H and O–H groups in total. The zero-order valence-corrected chi connectivity index (χ0v) is 14.4. The molecule has 0 aliphatic carbocycles. The van der Waals surface area contributed by atoms with Crippen molar-refractivity contribution in [2.45, 2.75) is 13.5 Å². The van der Waals surface area contributed by atoms with Crippen LogP contribution in [0, 0.1) is 6.92 Å². The summed E-state index contributed by atoms with van der Waals surface area (Å²) in [6.07, 6.45) is 0. The minimum atomic E-state index is -0.489. The molecule has 3 aromatic rings. The van der Waals surface area contributed by atoms with Crippen LogP contribution in [0.1, 0.15) is 21.9 Å². The summed E-state index contributed by atoms with van der Waals surface area (Å²) < 4.78 is 14.5. The quantitative estimate of drug-likeness (QED) is 0.692. The molecule has 0 aliphatic heterocycles. The number of benzene rings is 1. The first-order valence-electron chi connectivity index (χ1n) is 6.98. The first-order valence-corrected chi connectivity index (χ1v) is 8.13. The Kier molecular flexibility index (Phi) is 4.77. The summed E-state index contributed by atoms with van der Waals surface area (Å²) in [7, 11) is 1.72. The van der Waals surface area contributed by atoms with Crippen molar-refractivity contribution in [2.24, 2.45) is 0 Å². The molecule has 24 heavy (non-hydrogen) atoms. The number of anilines is 1. The maximum Gasteiger partial charge on any atom is 0.343 e. The lowest BCUT2D eigenvalue weighted by atomic mass is 10.2. The SMILES string of the molecule is CNc1snc(C)c1C(=O)OCc1nc(-c2ccc(Cl)cc2)no1. The van der Waals surface area contributed by atoms with E-state index in [4.69, 9.17) is 20.9 Å². The first-order chi connectivity index (χ1) is 11.6. The van der Waals surface area contributed by atoms with Gasteiger partial charge >= 0.3 is 5.97 Å². The summed E-state index contributed by atoms with van der Waals surface area (Å²) in [4.78, 5) is 16.4. The van der Waals surface area contributed by atoms with E-state index in [1.165, 1.54) is 11.5 Å². The fourth-order valence-electron chi connectivity index (χ4n) is 2.01. The first kappa shape index (κ1) is 16.4. The maximum atomic E-state index is 12.2. The second kappa shape index (κ2) is 6.98. The monoisotopic (exact) mass is 364 g/mol. The Morgan fingerprint density at radius 1 is 1.38 bits per heavy atom. The Hall–Kier alpha value is -2.45. The molecule has 9 heteroatoms. The minimum Gasteiger partial charge on any atom is -0.452 e. The van der Waals surface area contributed by atoms with Crippen molar-refractivity contribution in [3.63, 3.8) is 0 Å². The van der Waals surface area contributed by atoms with Gasteiger partial charge in [-0.1, -0.05) is 16.8 Å². The van der Waals surface area contributed by atoms with Crippen molar-refractivity contribution in [3.8, 4) is 11.4 Å². The molecular formula is C15H13ClN4O3S. The minimum absolute atomic E-state index is 0.113. The van der Waals surface area contributed by atoms with Gasteiger partial charge in [-0.25, -0.2) is 4.79 Å². The van der Waals surface area contributed by atoms with Crippen molar-refractivity contribution in [3.05, 3.63) is 46.4 Å². The molecule has 0 amide bonds. The molecule has 7 nitrogen and oxygen atoms in total. The lowest BCUT2D eigenvalue weighted by Gasteiger charge is -2.03. The molecule has 0 fully saturated rings. The van der Waals surface area contributed by atoms with Crippen LogP contribution in [0.15, 0.2) is 28.8 Å². The normalized spacial score (nSPS) is 10.6. The fraction of sp³-hybridized carbons (Fsp3) is 0.200. The number of ether oxygens (including phenoxy) is 1. The van der Waals surface area contributed by atoms with E-state index in [1.54, 1.807) is 38.2 Å². The van der Waals surface area contributed by atoms with Crippen molar-refractivity contribution in [1.82, 2.24) is 14.5 Å². The van der Waals surface area contributed by atoms with E-state index in [9.17, 15) is 4.79 Å². The number of hydrogen-bond acceptors (Lipinski definition) is 8. The van der Waals surface area contributed by atoms with Gasteiger partial charge in [-0.3, -0.25) is 0 Å². The molecular weight excluding hydrogens is 352 g/mol. The molecule has 3 rings (SSSR count). The Balaban J connectivity index is 1.68. The largest absolute Gasteiger partial charge is 0.452 e. The highest BCUT2D eigenvalue weighted by atomic mass is 35.5. The number of nitrogens with zero attached hydrogens (tertiary/aromatic N) is 3. The number of nitrogens with one attached hydrogen (secondary N) is 1. The number of halogens is 1. The average molecular weight is 365 g/mol. The summed E-state index contributed by atoms with van der Waals surface area (Å²) in [6.45, 7) is 1.64. The van der Waals surface area contributed by atoms with E-state index in [-0.39, 0.29) is 12.5 Å². The Morgan fingerprint density at radius 3 is 2.83 bits per heavy atom. The summed E-state index contributed by atoms with van der Waals surface area (Å²) in [6, 6.07) is 7.03. The standard InChI is InChI=1S/C15H13ClN4O3S/c1-8-12(14(17-2)24-20-8)15(21)22-7-11-18-13(19-23-11)9-3-5-10(16)6-4-9/h3-6,17H,7H2,1-2H3. The molecule has 1 aromatic carbocycles. The van der Waals surface area contributed by atoms with Crippen LogP contribution < -0.4 is 5.32 Å². The Labute approximate surface area is 146 Å². The zero-order valence-electron chi connectivity index (χ0n) is 12.9. The summed E-state index contributed by atoms with van der Waals surface area (Å²) in [5, 5.41) is 8.06. The van der Waals surface area contributed by atoms with Crippen LogP contribution in [-0.2, 0) is 11.3 Å². The Bertz CT molecular complexity index is 860. The van der Waals surface area contributed by atoms with Gasteiger partial charge in [-0.2, -0.15) is 9.36 Å². The van der Waals surface area contributed by atoms with Gasteiger partial charge in [0.15, 0.2) is 6.61 Å². The third-order valence-corrected chi connectivity index (χ3v) is 4.40. The number of esters is 1. The summed E-state index contributed by atoms with van der Waals surface area (Å²) in [5.41, 5.74) is 1.79. The second-order valence-corrected chi connectivity index (χ2v) is 6.03. The van der Waals surface area contributed by atoms with Gasteiger partial charge in [0.2, 0.25) is 5.82 Å². The van der Waals surface area contributed by atoms with Crippen LogP contribution in [0.5, 0.6) is 0 Å². The van der Waals surface area contributed by atoms with E-state index in [0.29, 0.717) is 27.1 Å². The van der Waals surface area contributed by atoms with Crippen LogP contribution in [0.2, 0.25) is 5.02 Å². The van der Waals surface area contributed by atoms with Crippen molar-refractivity contribution < 1.29 is 14.1 Å². The third kappa shape index (κ3) is 3.39. The molecule has 2 heterocycles. The third-order valence-electron chi connectivity index (χ3n) is 3.19. The predicted molar refractivity (Wildman–Crippen MR) is 90.3 cm³/mol. The highest BCUT2D eigenvalue weighted by Gasteiger charge is 2.20. The topological polar surface area (TPSA) is 90.1 Å². The van der Waals surface area contributed by atoms with E-state index in [1.807, 2.05) is 0 Å². The summed E-state index contributed by atoms with van der Waals surface area (Å²) in [5.74, 6) is 0.124. The highest BCUT2D eigenvalue weighted by Crippen LogP contribution is 2.25. The lowest BCUT2D eigenvalue weighted by molar-refractivity contribution is 0.0430. The van der Waals surface area contributed by atoms with Gasteiger partial charge < -0.3 is 14.6 Å². The van der Waals surface area contributed by atoms with E-state index in [0.717, 1.165) is 5.56 Å². The van der Waals surface area contributed by atoms with Gasteiger partial charge in [-0.15, -0.1) is 0 Å². The average Bonchev–Trinajstić information content (AvgIpc) is 3.20. The van der Waals surface area contributed by atoms with Gasteiger partial charge in [0.25, 0.3) is 5.89 Å². The van der Waals surface area contributed by atoms with Crippen LogP contribution in [0.4, 0.5) is 5.00 Å². The second-order valence-electron chi connectivity index (χ2n) is 4.82. The lowest BCUT2D eigenvalue weighted by Crippen LogP contribution is -2.08. The summed E-state index contributed by atoms with van der Waals surface area (Å²) >= 11 is 7.05. The zero-order chi connectivity index (χ0) is 17.1. The van der Waals surface area contributed by atoms with Crippen molar-refractivity contribution in [2.75, 3.05) is 12.4 Å². The van der Waals surface area contributed by atoms with E-state index in [2.05, 4.69) is 19.8 Å². The molecule has 0 saturated carbocycles. The maximum absolute atomic E-state index is 12.2. The molecule has 124 valence electrons. The van der Waals surface area contributed by atoms with Crippen LogP contribution in [-0.4, -0.2) is 27.5 Å². The fourth-order valence-corrected chi connectivity index (χ4v) is 2.87. The van der Waals surface area contributed by atoms with E-state index >= 15 is 0 Å². The number of carbonyl (C=O) groups is 1.